The van der Waals surface area contributed by atoms with Crippen molar-refractivity contribution in [2.24, 2.45) is 0 Å². The fraction of sp³-hybridized carbons (Fsp3) is 0.273. The van der Waals surface area contributed by atoms with Crippen LogP contribution in [0, 0.1) is 0 Å². The number of benzene rings is 1. The van der Waals surface area contributed by atoms with Crippen LogP contribution in [0.4, 0.5) is 0 Å². The van der Waals surface area contributed by atoms with E-state index in [4.69, 9.17) is 14.9 Å². The van der Waals surface area contributed by atoms with E-state index in [0.717, 1.165) is 5.57 Å². The Morgan fingerprint density at radius 1 is 1.50 bits per heavy atom. The van der Waals surface area contributed by atoms with Crippen LogP contribution in [0.25, 0.3) is 0 Å². The maximum absolute atomic E-state index is 9.13. The minimum atomic E-state index is 0.0450. The van der Waals surface area contributed by atoms with Crippen molar-refractivity contribution in [3.05, 3.63) is 35.9 Å². The van der Waals surface area contributed by atoms with Crippen molar-refractivity contribution in [1.82, 2.24) is 0 Å². The summed E-state index contributed by atoms with van der Waals surface area (Å²) in [5, 5.41) is 17.8. The van der Waals surface area contributed by atoms with Gasteiger partial charge in [-0.15, -0.1) is 0 Å². The first-order valence-corrected chi connectivity index (χ1v) is 4.40. The Bertz CT molecular complexity index is 318. The van der Waals surface area contributed by atoms with E-state index in [-0.39, 0.29) is 12.4 Å². The second kappa shape index (κ2) is 5.29. The van der Waals surface area contributed by atoms with E-state index in [9.17, 15) is 0 Å². The number of aliphatic hydroxyl groups excluding tert-OH is 1. The Hall–Kier alpha value is -1.48. The van der Waals surface area contributed by atoms with Gasteiger partial charge in [0.05, 0.1) is 6.61 Å². The summed E-state index contributed by atoms with van der Waals surface area (Å²) in [5.74, 6) is 0.803. The lowest BCUT2D eigenvalue weighted by Gasteiger charge is -2.03. The summed E-state index contributed by atoms with van der Waals surface area (Å²) in [6.45, 7) is 2.27. The molecule has 0 aliphatic heterocycles. The molecule has 0 unspecified atom stereocenters. The predicted molar refractivity (Wildman–Crippen MR) is 54.4 cm³/mol. The van der Waals surface area contributed by atoms with Gasteiger partial charge in [-0.2, -0.15) is 0 Å². The third kappa shape index (κ3) is 3.49. The Morgan fingerprint density at radius 3 is 2.93 bits per heavy atom. The molecule has 0 heterocycles. The van der Waals surface area contributed by atoms with Crippen molar-refractivity contribution in [3.8, 4) is 11.5 Å². The monoisotopic (exact) mass is 194 g/mol. The highest BCUT2D eigenvalue weighted by Gasteiger charge is 1.93. The van der Waals surface area contributed by atoms with E-state index in [1.165, 1.54) is 0 Å². The molecule has 0 aliphatic rings. The van der Waals surface area contributed by atoms with Gasteiger partial charge >= 0.3 is 0 Å². The second-order valence-corrected chi connectivity index (χ2v) is 3.02. The molecule has 0 radical (unpaired) electrons. The molecule has 3 nitrogen and oxygen atoms in total. The van der Waals surface area contributed by atoms with E-state index in [1.54, 1.807) is 30.3 Å². The largest absolute Gasteiger partial charge is 0.508 e. The van der Waals surface area contributed by atoms with Gasteiger partial charge in [-0.3, -0.25) is 0 Å². The van der Waals surface area contributed by atoms with Crippen LogP contribution < -0.4 is 4.74 Å². The van der Waals surface area contributed by atoms with Crippen molar-refractivity contribution in [3.63, 3.8) is 0 Å². The topological polar surface area (TPSA) is 49.7 Å². The average Bonchev–Trinajstić information content (AvgIpc) is 2.17. The lowest BCUT2D eigenvalue weighted by Crippen LogP contribution is -1.95. The predicted octanol–water partition coefficient (Wildman–Crippen LogP) is 1.71. The Balaban J connectivity index is 2.46. The summed E-state index contributed by atoms with van der Waals surface area (Å²) in [5.41, 5.74) is 0.866. The van der Waals surface area contributed by atoms with Gasteiger partial charge in [0.1, 0.15) is 18.1 Å². The molecule has 14 heavy (non-hydrogen) atoms. The van der Waals surface area contributed by atoms with Gasteiger partial charge in [0.25, 0.3) is 0 Å². The zero-order valence-electron chi connectivity index (χ0n) is 8.10. The number of phenolic OH excluding ortho intramolecular Hbond substituents is 1. The van der Waals surface area contributed by atoms with Crippen LogP contribution in [0.3, 0.4) is 0 Å². The van der Waals surface area contributed by atoms with E-state index in [0.29, 0.717) is 12.4 Å². The Kier molecular flexibility index (Phi) is 4.01. The first-order chi connectivity index (χ1) is 6.72. The highest BCUT2D eigenvalue weighted by molar-refractivity contribution is 5.31. The lowest BCUT2D eigenvalue weighted by atomic mass is 10.3. The smallest absolute Gasteiger partial charge is 0.123 e. The summed E-state index contributed by atoms with van der Waals surface area (Å²) >= 11 is 0. The minimum absolute atomic E-state index is 0.0450. The quantitative estimate of drug-likeness (QED) is 0.717. The lowest BCUT2D eigenvalue weighted by molar-refractivity contribution is 0.324. The molecule has 0 saturated carbocycles. The van der Waals surface area contributed by atoms with Gasteiger partial charge < -0.3 is 14.9 Å². The third-order valence-electron chi connectivity index (χ3n) is 1.75. The molecule has 1 rings (SSSR count). The molecule has 0 spiro atoms. The van der Waals surface area contributed by atoms with E-state index < -0.39 is 0 Å². The van der Waals surface area contributed by atoms with Crippen LogP contribution in [-0.2, 0) is 0 Å². The number of hydrogen-bond acceptors (Lipinski definition) is 3. The molecule has 3 heteroatoms. The van der Waals surface area contributed by atoms with E-state index in [2.05, 4.69) is 0 Å². The summed E-state index contributed by atoms with van der Waals surface area (Å²) in [6, 6.07) is 6.61. The van der Waals surface area contributed by atoms with Crippen molar-refractivity contribution in [2.75, 3.05) is 13.2 Å². The molecule has 0 bridgehead atoms. The van der Waals surface area contributed by atoms with Gasteiger partial charge in [-0.1, -0.05) is 6.07 Å². The normalized spacial score (nSPS) is 11.4. The standard InChI is InChI=1S/C11H14O3/c1-9(8-12)5-6-14-11-4-2-3-10(13)7-11/h2-5,7,12-13H,6,8H2,1H3/b9-5+. The minimum Gasteiger partial charge on any atom is -0.508 e. The van der Waals surface area contributed by atoms with Crippen LogP contribution in [-0.4, -0.2) is 23.4 Å². The van der Waals surface area contributed by atoms with Crippen molar-refractivity contribution < 1.29 is 14.9 Å². The maximum atomic E-state index is 9.13. The first-order valence-electron chi connectivity index (χ1n) is 4.40. The van der Waals surface area contributed by atoms with Crippen LogP contribution in [0.5, 0.6) is 11.5 Å². The highest BCUT2D eigenvalue weighted by atomic mass is 16.5. The zero-order valence-corrected chi connectivity index (χ0v) is 8.10. The molecular formula is C11H14O3. The number of phenols is 1. The number of aromatic hydroxyl groups is 1. The Morgan fingerprint density at radius 2 is 2.29 bits per heavy atom. The van der Waals surface area contributed by atoms with Crippen molar-refractivity contribution in [1.29, 1.82) is 0 Å². The molecule has 0 fully saturated rings. The summed E-state index contributed by atoms with van der Waals surface area (Å²) in [4.78, 5) is 0. The van der Waals surface area contributed by atoms with Crippen LogP contribution in [0.2, 0.25) is 0 Å². The first kappa shape index (κ1) is 10.6. The molecule has 0 saturated heterocycles. The van der Waals surface area contributed by atoms with Crippen molar-refractivity contribution >= 4 is 0 Å². The fourth-order valence-electron chi connectivity index (χ4n) is 0.918. The molecule has 0 amide bonds. The number of aliphatic hydroxyl groups is 1. The van der Waals surface area contributed by atoms with Gasteiger partial charge in [0, 0.05) is 6.07 Å². The van der Waals surface area contributed by atoms with E-state index in [1.807, 2.05) is 6.92 Å². The molecule has 2 N–H and O–H groups in total. The molecular weight excluding hydrogens is 180 g/mol. The van der Waals surface area contributed by atoms with Gasteiger partial charge in [0.15, 0.2) is 0 Å². The molecule has 1 aromatic rings. The molecule has 76 valence electrons. The third-order valence-corrected chi connectivity index (χ3v) is 1.75. The molecule has 0 aromatic heterocycles. The zero-order chi connectivity index (χ0) is 10.4. The number of rotatable bonds is 4. The molecule has 0 atom stereocenters. The van der Waals surface area contributed by atoms with E-state index >= 15 is 0 Å². The highest BCUT2D eigenvalue weighted by Crippen LogP contribution is 2.17. The number of ether oxygens (including phenoxy) is 1. The van der Waals surface area contributed by atoms with Crippen LogP contribution >= 0.6 is 0 Å². The molecule has 0 aliphatic carbocycles. The maximum Gasteiger partial charge on any atom is 0.123 e. The Labute approximate surface area is 83.3 Å². The van der Waals surface area contributed by atoms with Gasteiger partial charge in [-0.05, 0) is 30.7 Å². The summed E-state index contributed by atoms with van der Waals surface area (Å²) < 4.78 is 5.31. The van der Waals surface area contributed by atoms with Crippen LogP contribution in [0.15, 0.2) is 35.9 Å². The average molecular weight is 194 g/mol. The van der Waals surface area contributed by atoms with Crippen LogP contribution in [0.1, 0.15) is 6.92 Å². The second-order valence-electron chi connectivity index (χ2n) is 3.02. The summed E-state index contributed by atoms with van der Waals surface area (Å²) in [7, 11) is 0. The fourth-order valence-corrected chi connectivity index (χ4v) is 0.918. The van der Waals surface area contributed by atoms with Crippen molar-refractivity contribution in [2.45, 2.75) is 6.92 Å². The number of hydrogen-bond donors (Lipinski definition) is 2. The van der Waals surface area contributed by atoms with Gasteiger partial charge in [-0.25, -0.2) is 0 Å². The SMILES string of the molecule is C/C(=C\COc1cccc(O)c1)CO. The summed E-state index contributed by atoms with van der Waals surface area (Å²) in [6.07, 6.45) is 1.80. The van der Waals surface area contributed by atoms with Gasteiger partial charge in [0.2, 0.25) is 0 Å². The molecule has 1 aromatic carbocycles.